The number of aryl methyl sites for hydroxylation is 2. The zero-order valence-electron chi connectivity index (χ0n) is 16.2. The Morgan fingerprint density at radius 1 is 1.21 bits per heavy atom. The van der Waals surface area contributed by atoms with E-state index < -0.39 is 12.0 Å². The first kappa shape index (κ1) is 18.4. The molecule has 0 spiro atoms. The third-order valence-electron chi connectivity index (χ3n) is 5.72. The number of carbonyl (C=O) groups excluding carboxylic acids is 1. The molecule has 1 atom stereocenters. The molecule has 4 rings (SSSR count). The fourth-order valence-corrected chi connectivity index (χ4v) is 4.20. The van der Waals surface area contributed by atoms with Crippen molar-refractivity contribution in [3.05, 3.63) is 41.2 Å². The number of likely N-dealkylation sites (tertiary alicyclic amines) is 1. The molecular weight excluding hydrogens is 356 g/mol. The lowest BCUT2D eigenvalue weighted by molar-refractivity contribution is -0.152. The van der Waals surface area contributed by atoms with Crippen molar-refractivity contribution in [3.8, 4) is 0 Å². The minimum atomic E-state index is -0.910. The van der Waals surface area contributed by atoms with E-state index in [4.69, 9.17) is 4.98 Å². The topological polar surface area (TPSA) is 87.8 Å². The van der Waals surface area contributed by atoms with Crippen LogP contribution in [0.4, 0.5) is 0 Å². The smallest absolute Gasteiger partial charge is 0.326 e. The van der Waals surface area contributed by atoms with Crippen molar-refractivity contribution in [2.24, 2.45) is 0 Å². The summed E-state index contributed by atoms with van der Waals surface area (Å²) in [6.07, 6.45) is 3.05. The number of nitrogens with zero attached hydrogens (tertiary/aromatic N) is 4. The summed E-state index contributed by atoms with van der Waals surface area (Å²) in [6, 6.07) is 7.20. The minimum absolute atomic E-state index is 0.100. The summed E-state index contributed by atoms with van der Waals surface area (Å²) < 4.78 is 1.85. The zero-order valence-corrected chi connectivity index (χ0v) is 16.2. The standard InChI is InChI=1S/C21H24N4O3/c1-13-15(10-11-19(26)24-12-6-5-9-18(24)21(27)28)14(2)25-20(22-13)16-7-3-4-8-17(16)23-25/h3-4,7-8,18H,5-6,9-12H2,1-2H3,(H,27,28). The maximum atomic E-state index is 12.7. The Morgan fingerprint density at radius 3 is 2.79 bits per heavy atom. The average molecular weight is 380 g/mol. The van der Waals surface area contributed by atoms with E-state index in [0.717, 1.165) is 46.3 Å². The van der Waals surface area contributed by atoms with Gasteiger partial charge in [-0.15, -0.1) is 0 Å². The van der Waals surface area contributed by atoms with Gasteiger partial charge in [0.05, 0.1) is 5.52 Å². The molecule has 3 heterocycles. The lowest BCUT2D eigenvalue weighted by atomic mass is 10.0. The lowest BCUT2D eigenvalue weighted by Gasteiger charge is -2.33. The number of carboxylic acid groups (broad SMARTS) is 1. The Kier molecular flexibility index (Phi) is 4.75. The third kappa shape index (κ3) is 3.10. The average Bonchev–Trinajstić information content (AvgIpc) is 3.06. The number of hydrogen-bond donors (Lipinski definition) is 1. The van der Waals surface area contributed by atoms with Gasteiger partial charge >= 0.3 is 5.97 Å². The molecule has 0 bridgehead atoms. The van der Waals surface area contributed by atoms with Crippen LogP contribution < -0.4 is 0 Å². The Hall–Kier alpha value is -2.96. The molecule has 1 N–H and O–H groups in total. The fraction of sp³-hybridized carbons (Fsp3) is 0.429. The number of piperidine rings is 1. The van der Waals surface area contributed by atoms with E-state index >= 15 is 0 Å². The van der Waals surface area contributed by atoms with Crippen molar-refractivity contribution in [2.45, 2.75) is 52.0 Å². The molecule has 1 saturated heterocycles. The molecule has 0 radical (unpaired) electrons. The van der Waals surface area contributed by atoms with E-state index in [1.54, 1.807) is 0 Å². The summed E-state index contributed by atoms with van der Waals surface area (Å²) in [5, 5.41) is 15.1. The summed E-state index contributed by atoms with van der Waals surface area (Å²) in [5.74, 6) is -1.01. The number of benzene rings is 1. The Labute approximate surface area is 163 Å². The van der Waals surface area contributed by atoms with Gasteiger partial charge in [-0.3, -0.25) is 4.79 Å². The molecule has 1 aromatic carbocycles. The molecule has 7 nitrogen and oxygen atoms in total. The summed E-state index contributed by atoms with van der Waals surface area (Å²) >= 11 is 0. The van der Waals surface area contributed by atoms with Crippen LogP contribution in [0.5, 0.6) is 0 Å². The quantitative estimate of drug-likeness (QED) is 0.752. The van der Waals surface area contributed by atoms with E-state index in [1.807, 2.05) is 42.6 Å². The summed E-state index contributed by atoms with van der Waals surface area (Å²) in [5.41, 5.74) is 4.57. The molecule has 7 heteroatoms. The van der Waals surface area contributed by atoms with E-state index in [2.05, 4.69) is 5.10 Å². The molecule has 28 heavy (non-hydrogen) atoms. The molecule has 0 saturated carbocycles. The van der Waals surface area contributed by atoms with Gasteiger partial charge in [-0.2, -0.15) is 5.10 Å². The van der Waals surface area contributed by atoms with Crippen molar-refractivity contribution in [2.75, 3.05) is 6.54 Å². The molecular formula is C21H24N4O3. The molecule has 146 valence electrons. The van der Waals surface area contributed by atoms with Crippen molar-refractivity contribution in [3.63, 3.8) is 0 Å². The molecule has 1 amide bonds. The third-order valence-corrected chi connectivity index (χ3v) is 5.72. The van der Waals surface area contributed by atoms with Gasteiger partial charge in [-0.1, -0.05) is 12.1 Å². The van der Waals surface area contributed by atoms with Gasteiger partial charge in [0.25, 0.3) is 0 Å². The maximum Gasteiger partial charge on any atom is 0.326 e. The number of hydrogen-bond acceptors (Lipinski definition) is 4. The summed E-state index contributed by atoms with van der Waals surface area (Å²) in [4.78, 5) is 30.5. The van der Waals surface area contributed by atoms with Crippen LogP contribution in [0.3, 0.4) is 0 Å². The van der Waals surface area contributed by atoms with Gasteiger partial charge in [-0.25, -0.2) is 14.3 Å². The van der Waals surface area contributed by atoms with Crippen LogP contribution in [0.2, 0.25) is 0 Å². The number of carbonyl (C=O) groups is 2. The van der Waals surface area contributed by atoms with E-state index in [1.165, 1.54) is 4.90 Å². The Bertz CT molecular complexity index is 1070. The largest absolute Gasteiger partial charge is 0.480 e. The van der Waals surface area contributed by atoms with Crippen LogP contribution in [-0.2, 0) is 16.0 Å². The van der Waals surface area contributed by atoms with Crippen molar-refractivity contribution in [1.29, 1.82) is 0 Å². The number of aliphatic carboxylic acids is 1. The number of rotatable bonds is 4. The number of aromatic nitrogens is 3. The molecule has 1 aliphatic rings. The summed E-state index contributed by atoms with van der Waals surface area (Å²) in [6.45, 7) is 4.47. The number of fused-ring (bicyclic) bond motifs is 3. The highest BCUT2D eigenvalue weighted by atomic mass is 16.4. The van der Waals surface area contributed by atoms with E-state index in [9.17, 15) is 14.7 Å². The maximum absolute atomic E-state index is 12.7. The zero-order chi connectivity index (χ0) is 19.8. The van der Waals surface area contributed by atoms with Gasteiger partial charge in [0.1, 0.15) is 6.04 Å². The Balaban J connectivity index is 1.60. The predicted molar refractivity (Wildman–Crippen MR) is 105 cm³/mol. The minimum Gasteiger partial charge on any atom is -0.480 e. The summed E-state index contributed by atoms with van der Waals surface area (Å²) in [7, 11) is 0. The van der Waals surface area contributed by atoms with Crippen LogP contribution in [0, 0.1) is 13.8 Å². The van der Waals surface area contributed by atoms with Gasteiger partial charge in [0.2, 0.25) is 5.91 Å². The van der Waals surface area contributed by atoms with Crippen LogP contribution in [0.25, 0.3) is 16.6 Å². The van der Waals surface area contributed by atoms with Crippen molar-refractivity contribution in [1.82, 2.24) is 19.5 Å². The van der Waals surface area contributed by atoms with Crippen LogP contribution in [0.1, 0.15) is 42.6 Å². The second-order valence-electron chi connectivity index (χ2n) is 7.45. The molecule has 1 aliphatic heterocycles. The van der Waals surface area contributed by atoms with Gasteiger partial charge in [-0.05, 0) is 57.2 Å². The molecule has 2 aromatic heterocycles. The van der Waals surface area contributed by atoms with E-state index in [0.29, 0.717) is 19.4 Å². The SMILES string of the molecule is Cc1nc2c3ccccc3nn2c(C)c1CCC(=O)N1CCCCC1C(=O)O. The highest BCUT2D eigenvalue weighted by molar-refractivity contribution is 5.92. The molecule has 1 fully saturated rings. The predicted octanol–water partition coefficient (Wildman–Crippen LogP) is 2.90. The molecule has 3 aromatic rings. The molecule has 0 aliphatic carbocycles. The monoisotopic (exact) mass is 380 g/mol. The normalized spacial score (nSPS) is 17.4. The van der Waals surface area contributed by atoms with Gasteiger partial charge in [0, 0.05) is 29.7 Å². The van der Waals surface area contributed by atoms with Crippen molar-refractivity contribution < 1.29 is 14.7 Å². The second-order valence-corrected chi connectivity index (χ2v) is 7.45. The first-order chi connectivity index (χ1) is 13.5. The van der Waals surface area contributed by atoms with Gasteiger partial charge in [0.15, 0.2) is 5.65 Å². The lowest BCUT2D eigenvalue weighted by Crippen LogP contribution is -2.48. The van der Waals surface area contributed by atoms with Crippen LogP contribution in [-0.4, -0.2) is 49.1 Å². The first-order valence-corrected chi connectivity index (χ1v) is 9.73. The number of amides is 1. The highest BCUT2D eigenvalue weighted by Crippen LogP contribution is 2.24. The second kappa shape index (κ2) is 7.22. The van der Waals surface area contributed by atoms with Crippen LogP contribution in [0.15, 0.2) is 24.3 Å². The highest BCUT2D eigenvalue weighted by Gasteiger charge is 2.31. The van der Waals surface area contributed by atoms with Gasteiger partial charge < -0.3 is 10.0 Å². The van der Waals surface area contributed by atoms with E-state index in [-0.39, 0.29) is 12.3 Å². The van der Waals surface area contributed by atoms with Crippen molar-refractivity contribution >= 4 is 28.4 Å². The fourth-order valence-electron chi connectivity index (χ4n) is 4.20. The Morgan fingerprint density at radius 2 is 2.00 bits per heavy atom. The molecule has 1 unspecified atom stereocenters. The van der Waals surface area contributed by atoms with Crippen LogP contribution >= 0.6 is 0 Å². The number of carboxylic acids is 1. The first-order valence-electron chi connectivity index (χ1n) is 9.73.